The number of fused-ring (bicyclic) bond motifs is 1. The molecule has 0 aromatic heterocycles. The molecule has 0 saturated carbocycles. The van der Waals surface area contributed by atoms with Crippen molar-refractivity contribution in [1.29, 1.82) is 0 Å². The highest BCUT2D eigenvalue weighted by atomic mass is 16.7. The van der Waals surface area contributed by atoms with Gasteiger partial charge in [0.15, 0.2) is 23.4 Å². The van der Waals surface area contributed by atoms with Crippen molar-refractivity contribution in [3.8, 4) is 28.7 Å². The smallest absolute Gasteiger partial charge is 0.338 e. The van der Waals surface area contributed by atoms with Crippen LogP contribution in [0.25, 0.3) is 0 Å². The Hall–Kier alpha value is -3.58. The number of phenolic OH excluding ortho intramolecular Hbond substituents is 3. The molecule has 0 radical (unpaired) electrons. The van der Waals surface area contributed by atoms with Crippen molar-refractivity contribution in [1.82, 2.24) is 0 Å². The quantitative estimate of drug-likeness (QED) is 0.247. The van der Waals surface area contributed by atoms with Gasteiger partial charge in [-0.05, 0) is 24.6 Å². The number of esters is 1. The van der Waals surface area contributed by atoms with Crippen LogP contribution in [0.1, 0.15) is 35.4 Å². The number of hydrogen-bond donors (Lipinski definition) is 6. The van der Waals surface area contributed by atoms with Crippen LogP contribution >= 0.6 is 0 Å². The average Bonchev–Trinajstić information content (AvgIpc) is 2.80. The summed E-state index contributed by atoms with van der Waals surface area (Å²) in [6.07, 6.45) is -9.65. The van der Waals surface area contributed by atoms with Crippen LogP contribution < -0.4 is 9.47 Å². The molecule has 2 aromatic carbocycles. The van der Waals surface area contributed by atoms with Gasteiger partial charge < -0.3 is 49.6 Å². The van der Waals surface area contributed by atoms with Crippen LogP contribution in [0.15, 0.2) is 30.3 Å². The molecule has 2 aliphatic heterocycles. The van der Waals surface area contributed by atoms with Crippen LogP contribution in [-0.4, -0.2) is 79.7 Å². The normalized spacial score (nSPS) is 28.1. The Kier molecular flexibility index (Phi) is 6.72. The molecule has 1 saturated heterocycles. The van der Waals surface area contributed by atoms with Crippen molar-refractivity contribution in [3.63, 3.8) is 0 Å². The number of benzene rings is 2. The van der Waals surface area contributed by atoms with E-state index in [1.165, 1.54) is 31.2 Å². The zero-order valence-electron chi connectivity index (χ0n) is 18.4. The highest BCUT2D eigenvalue weighted by Gasteiger charge is 2.48. The predicted molar refractivity (Wildman–Crippen MR) is 114 cm³/mol. The molecule has 2 aliphatic rings. The number of ketones is 1. The summed E-state index contributed by atoms with van der Waals surface area (Å²) in [4.78, 5) is 24.8. The molecular formula is C23H24O12. The van der Waals surface area contributed by atoms with E-state index in [-0.39, 0.29) is 35.8 Å². The molecule has 6 atom stereocenters. The molecule has 2 heterocycles. The number of hydrogen-bond acceptors (Lipinski definition) is 12. The van der Waals surface area contributed by atoms with E-state index < -0.39 is 60.1 Å². The van der Waals surface area contributed by atoms with Gasteiger partial charge in [-0.25, -0.2) is 4.79 Å². The highest BCUT2D eigenvalue weighted by Crippen LogP contribution is 2.43. The fourth-order valence-electron chi connectivity index (χ4n) is 3.91. The van der Waals surface area contributed by atoms with Gasteiger partial charge in [-0.1, -0.05) is 6.07 Å². The molecule has 0 spiro atoms. The van der Waals surface area contributed by atoms with Gasteiger partial charge >= 0.3 is 5.97 Å². The maximum absolute atomic E-state index is 12.7. The number of Topliss-reactive ketones (excluding diaryl/α,β-unsaturated/α-hetero) is 1. The number of aliphatic hydroxyl groups excluding tert-OH is 3. The van der Waals surface area contributed by atoms with Crippen LogP contribution in [-0.2, 0) is 14.3 Å². The van der Waals surface area contributed by atoms with Crippen molar-refractivity contribution in [2.45, 2.75) is 50.2 Å². The molecule has 1 fully saturated rings. The first-order valence-corrected chi connectivity index (χ1v) is 10.7. The number of carbonyl (C=O) groups is 2. The molecule has 35 heavy (non-hydrogen) atoms. The number of aromatic hydroxyl groups is 3. The van der Waals surface area contributed by atoms with Crippen LogP contribution in [0.5, 0.6) is 28.7 Å². The van der Waals surface area contributed by atoms with Gasteiger partial charge in [0.2, 0.25) is 6.29 Å². The number of carbonyl (C=O) groups excluding carboxylic acids is 2. The third-order valence-electron chi connectivity index (χ3n) is 5.69. The van der Waals surface area contributed by atoms with Gasteiger partial charge in [0.25, 0.3) is 0 Å². The fourth-order valence-corrected chi connectivity index (χ4v) is 3.91. The second kappa shape index (κ2) is 9.58. The lowest BCUT2D eigenvalue weighted by Gasteiger charge is -2.39. The van der Waals surface area contributed by atoms with E-state index in [1.54, 1.807) is 0 Å². The first kappa shape index (κ1) is 24.5. The monoisotopic (exact) mass is 492 g/mol. The molecule has 0 amide bonds. The van der Waals surface area contributed by atoms with Crippen molar-refractivity contribution >= 4 is 11.8 Å². The van der Waals surface area contributed by atoms with Crippen LogP contribution in [0.2, 0.25) is 0 Å². The molecule has 6 N–H and O–H groups in total. The van der Waals surface area contributed by atoms with E-state index >= 15 is 0 Å². The lowest BCUT2D eigenvalue weighted by Crippen LogP contribution is -2.61. The van der Waals surface area contributed by atoms with Crippen molar-refractivity contribution < 1.29 is 59.2 Å². The molecule has 0 bridgehead atoms. The lowest BCUT2D eigenvalue weighted by atomic mass is 9.95. The summed E-state index contributed by atoms with van der Waals surface area (Å²) in [5.41, 5.74) is 0.284. The highest BCUT2D eigenvalue weighted by molar-refractivity contribution is 6.02. The number of aliphatic hydroxyl groups is 3. The van der Waals surface area contributed by atoms with Crippen molar-refractivity contribution in [3.05, 3.63) is 41.5 Å². The molecule has 0 unspecified atom stereocenters. The first-order valence-electron chi connectivity index (χ1n) is 10.7. The number of rotatable bonds is 5. The van der Waals surface area contributed by atoms with E-state index in [0.717, 1.165) is 6.07 Å². The van der Waals surface area contributed by atoms with Crippen molar-refractivity contribution in [2.24, 2.45) is 0 Å². The van der Waals surface area contributed by atoms with E-state index in [4.69, 9.17) is 18.9 Å². The minimum absolute atomic E-state index is 0.0143. The third-order valence-corrected chi connectivity index (χ3v) is 5.69. The Bertz CT molecular complexity index is 1130. The van der Waals surface area contributed by atoms with Crippen molar-refractivity contribution in [2.75, 3.05) is 6.61 Å². The SMILES string of the molecule is CCOC(=O)[C@H]1O[C@H](Oc2cc(O)c3c(c2)O[C@@H](c2ccc(O)c(O)c2)CC3=O)[C@H](O)[C@H](O)[C@H]1O. The molecule has 12 heteroatoms. The second-order valence-electron chi connectivity index (χ2n) is 8.06. The maximum Gasteiger partial charge on any atom is 0.338 e. The molecule has 188 valence electrons. The van der Waals surface area contributed by atoms with E-state index in [0.29, 0.717) is 5.56 Å². The van der Waals surface area contributed by atoms with E-state index in [1.807, 2.05) is 0 Å². The van der Waals surface area contributed by atoms with Gasteiger partial charge in [0.1, 0.15) is 47.2 Å². The predicted octanol–water partition coefficient (Wildman–Crippen LogP) is 0.259. The Morgan fingerprint density at radius 2 is 1.74 bits per heavy atom. The van der Waals surface area contributed by atoms with Gasteiger partial charge in [0, 0.05) is 12.1 Å². The van der Waals surface area contributed by atoms with Crippen LogP contribution in [0, 0.1) is 0 Å². The topological polar surface area (TPSA) is 192 Å². The molecular weight excluding hydrogens is 468 g/mol. The minimum Gasteiger partial charge on any atom is -0.507 e. The standard InChI is InChI=1S/C23H24O12/c1-2-32-22(31)21-19(29)18(28)20(30)23(35-21)33-10-6-13(26)17-14(27)8-15(34-16(17)7-10)9-3-4-11(24)12(25)5-9/h3-7,15,18-21,23-26,28-30H,2,8H2,1H3/t15-,18-,19-,20-,21+,23+/m1/s1. The summed E-state index contributed by atoms with van der Waals surface area (Å²) in [7, 11) is 0. The maximum atomic E-state index is 12.7. The second-order valence-corrected chi connectivity index (χ2v) is 8.06. The molecule has 0 aliphatic carbocycles. The summed E-state index contributed by atoms with van der Waals surface area (Å²) in [6.45, 7) is 1.52. The zero-order valence-corrected chi connectivity index (χ0v) is 18.4. The molecule has 4 rings (SSSR count). The zero-order chi connectivity index (χ0) is 25.4. The first-order chi connectivity index (χ1) is 16.6. The lowest BCUT2D eigenvalue weighted by molar-refractivity contribution is -0.272. The summed E-state index contributed by atoms with van der Waals surface area (Å²) < 4.78 is 21.5. The molecule has 12 nitrogen and oxygen atoms in total. The van der Waals surface area contributed by atoms with Gasteiger partial charge in [0.05, 0.1) is 13.0 Å². The number of phenols is 3. The van der Waals surface area contributed by atoms with Gasteiger partial charge in [-0.15, -0.1) is 0 Å². The number of ether oxygens (including phenoxy) is 4. The Morgan fingerprint density at radius 3 is 2.43 bits per heavy atom. The Morgan fingerprint density at radius 1 is 1.00 bits per heavy atom. The average molecular weight is 492 g/mol. The van der Waals surface area contributed by atoms with Gasteiger partial charge in [-0.3, -0.25) is 4.79 Å². The summed E-state index contributed by atoms with van der Waals surface area (Å²) in [5, 5.41) is 60.2. The van der Waals surface area contributed by atoms with Gasteiger partial charge in [-0.2, -0.15) is 0 Å². The van der Waals surface area contributed by atoms with E-state index in [9.17, 15) is 40.2 Å². The summed E-state index contributed by atoms with van der Waals surface area (Å²) >= 11 is 0. The van der Waals surface area contributed by atoms with E-state index in [2.05, 4.69) is 0 Å². The summed E-state index contributed by atoms with van der Waals surface area (Å²) in [5.74, 6) is -2.86. The molecule has 2 aromatic rings. The Balaban J connectivity index is 1.59. The Labute approximate surface area is 198 Å². The minimum atomic E-state index is -1.81. The largest absolute Gasteiger partial charge is 0.507 e. The van der Waals surface area contributed by atoms with Crippen LogP contribution in [0.4, 0.5) is 0 Å². The summed E-state index contributed by atoms with van der Waals surface area (Å²) in [6, 6.07) is 6.26. The fraction of sp³-hybridized carbons (Fsp3) is 0.391. The van der Waals surface area contributed by atoms with Crippen LogP contribution in [0.3, 0.4) is 0 Å². The third kappa shape index (κ3) is 4.68.